The fourth-order valence-electron chi connectivity index (χ4n) is 6.13. The van der Waals surface area contributed by atoms with Gasteiger partial charge in [-0.15, -0.1) is 0 Å². The highest BCUT2D eigenvalue weighted by Crippen LogP contribution is 2.26. The molecule has 0 radical (unpaired) electrons. The number of nitrogens with zero attached hydrogens (tertiary/aromatic N) is 2. The fourth-order valence-corrected chi connectivity index (χ4v) is 6.13. The van der Waals surface area contributed by atoms with Crippen LogP contribution in [0, 0.1) is 0 Å². The molecule has 2 fully saturated rings. The monoisotopic (exact) mass is 618 g/mol. The van der Waals surface area contributed by atoms with E-state index < -0.39 is 11.1 Å². The van der Waals surface area contributed by atoms with Gasteiger partial charge in [0.1, 0.15) is 0 Å². The second-order valence-electron chi connectivity index (χ2n) is 12.9. The number of Topliss-reactive ketones (excluding diaryl/α,β-unsaturated/α-hetero) is 2. The zero-order valence-electron chi connectivity index (χ0n) is 27.6. The molecule has 46 heavy (non-hydrogen) atoms. The predicted octanol–water partition coefficient (Wildman–Crippen LogP) is 7.29. The zero-order valence-corrected chi connectivity index (χ0v) is 27.6. The van der Waals surface area contributed by atoms with E-state index in [-0.39, 0.29) is 11.6 Å². The average molecular weight is 619 g/mol. The Labute approximate surface area is 274 Å². The van der Waals surface area contributed by atoms with Crippen molar-refractivity contribution >= 4 is 11.6 Å². The lowest BCUT2D eigenvalue weighted by atomic mass is 9.90. The van der Waals surface area contributed by atoms with Gasteiger partial charge in [-0.05, 0) is 49.9 Å². The molecule has 0 aromatic heterocycles. The molecule has 2 saturated heterocycles. The predicted molar refractivity (Wildman–Crippen MR) is 185 cm³/mol. The Morgan fingerprint density at radius 2 is 0.739 bits per heavy atom. The smallest absolute Gasteiger partial charge is 0.182 e. The standard InChI is InChI=1S/2C20H23NO2/c2*1-20(2,21-12-14-23-15-13-21)19(22)18-10-8-17(9-11-18)16-6-4-3-5-7-16/h2*3-11H,12-15H2,1-2H3. The van der Waals surface area contributed by atoms with Crippen LogP contribution in [-0.4, -0.2) is 85.1 Å². The summed E-state index contributed by atoms with van der Waals surface area (Å²) in [5.41, 5.74) is 5.12. The van der Waals surface area contributed by atoms with Gasteiger partial charge in [0.25, 0.3) is 0 Å². The number of ketones is 2. The molecule has 2 aliphatic rings. The van der Waals surface area contributed by atoms with Crippen LogP contribution in [0.25, 0.3) is 22.3 Å². The lowest BCUT2D eigenvalue weighted by Crippen LogP contribution is -2.54. The quantitative estimate of drug-likeness (QED) is 0.193. The maximum absolute atomic E-state index is 12.9. The summed E-state index contributed by atoms with van der Waals surface area (Å²) in [6.07, 6.45) is 0. The summed E-state index contributed by atoms with van der Waals surface area (Å²) in [7, 11) is 0. The fraction of sp³-hybridized carbons (Fsp3) is 0.350. The van der Waals surface area contributed by atoms with E-state index in [1.54, 1.807) is 0 Å². The van der Waals surface area contributed by atoms with Crippen molar-refractivity contribution in [3.8, 4) is 22.3 Å². The Balaban J connectivity index is 0.000000181. The van der Waals surface area contributed by atoms with E-state index in [2.05, 4.69) is 34.1 Å². The van der Waals surface area contributed by atoms with Crippen molar-refractivity contribution in [1.29, 1.82) is 0 Å². The third-order valence-electron chi connectivity index (χ3n) is 9.22. The van der Waals surface area contributed by atoms with Crippen LogP contribution in [0.4, 0.5) is 0 Å². The van der Waals surface area contributed by atoms with Gasteiger partial charge in [-0.1, -0.05) is 109 Å². The highest BCUT2D eigenvalue weighted by Gasteiger charge is 2.37. The molecule has 4 aromatic rings. The average Bonchev–Trinajstić information content (AvgIpc) is 3.13. The molecule has 0 unspecified atom stereocenters. The van der Waals surface area contributed by atoms with Gasteiger partial charge in [-0.3, -0.25) is 19.4 Å². The van der Waals surface area contributed by atoms with Crippen LogP contribution < -0.4 is 0 Å². The van der Waals surface area contributed by atoms with Crippen molar-refractivity contribution in [3.63, 3.8) is 0 Å². The number of rotatable bonds is 8. The van der Waals surface area contributed by atoms with Gasteiger partial charge < -0.3 is 9.47 Å². The molecule has 2 aliphatic heterocycles. The first-order valence-electron chi connectivity index (χ1n) is 16.2. The number of carbonyl (C=O) groups is 2. The van der Waals surface area contributed by atoms with Gasteiger partial charge in [-0.2, -0.15) is 0 Å². The maximum atomic E-state index is 12.9. The second-order valence-corrected chi connectivity index (χ2v) is 12.9. The highest BCUT2D eigenvalue weighted by atomic mass is 16.5. The molecule has 0 bridgehead atoms. The van der Waals surface area contributed by atoms with Crippen LogP contribution in [0.3, 0.4) is 0 Å². The van der Waals surface area contributed by atoms with Crippen LogP contribution >= 0.6 is 0 Å². The summed E-state index contributed by atoms with van der Waals surface area (Å²) >= 11 is 0. The van der Waals surface area contributed by atoms with Gasteiger partial charge in [-0.25, -0.2) is 0 Å². The van der Waals surface area contributed by atoms with Gasteiger partial charge in [0.2, 0.25) is 0 Å². The number of ether oxygens (including phenoxy) is 2. The molecule has 240 valence electrons. The third kappa shape index (κ3) is 7.88. The maximum Gasteiger partial charge on any atom is 0.182 e. The molecule has 2 heterocycles. The van der Waals surface area contributed by atoms with Crippen LogP contribution in [0.15, 0.2) is 109 Å². The zero-order chi connectivity index (χ0) is 32.6. The first-order chi connectivity index (χ1) is 22.2. The second kappa shape index (κ2) is 15.1. The largest absolute Gasteiger partial charge is 0.379 e. The minimum Gasteiger partial charge on any atom is -0.379 e. The topological polar surface area (TPSA) is 59.1 Å². The number of hydrogen-bond acceptors (Lipinski definition) is 6. The molecular formula is C40H46N2O4. The van der Waals surface area contributed by atoms with Gasteiger partial charge in [0.05, 0.1) is 37.5 Å². The van der Waals surface area contributed by atoms with E-state index in [1.807, 2.05) is 113 Å². The summed E-state index contributed by atoms with van der Waals surface area (Å²) in [4.78, 5) is 30.3. The van der Waals surface area contributed by atoms with Crippen molar-refractivity contribution in [2.24, 2.45) is 0 Å². The Bertz CT molecular complexity index is 1430. The van der Waals surface area contributed by atoms with Crippen molar-refractivity contribution in [3.05, 3.63) is 120 Å². The lowest BCUT2D eigenvalue weighted by molar-refractivity contribution is -0.00442. The number of carbonyl (C=O) groups excluding carboxylic acids is 2. The number of morpholine rings is 2. The molecule has 0 N–H and O–H groups in total. The van der Waals surface area contributed by atoms with Crippen molar-refractivity contribution < 1.29 is 19.1 Å². The van der Waals surface area contributed by atoms with Gasteiger partial charge in [0.15, 0.2) is 11.6 Å². The summed E-state index contributed by atoms with van der Waals surface area (Å²) in [5, 5.41) is 0. The molecule has 6 heteroatoms. The Kier molecular flexibility index (Phi) is 11.0. The molecule has 0 amide bonds. The van der Waals surface area contributed by atoms with Crippen molar-refractivity contribution in [1.82, 2.24) is 9.80 Å². The summed E-state index contributed by atoms with van der Waals surface area (Å²) in [5.74, 6) is 0.332. The Hall–Kier alpha value is -3.94. The van der Waals surface area contributed by atoms with Crippen LogP contribution in [-0.2, 0) is 9.47 Å². The van der Waals surface area contributed by atoms with E-state index in [9.17, 15) is 9.59 Å². The Morgan fingerprint density at radius 3 is 1.04 bits per heavy atom. The first kappa shape index (κ1) is 33.4. The molecule has 6 rings (SSSR count). The summed E-state index contributed by atoms with van der Waals surface area (Å²) in [6, 6.07) is 36.3. The van der Waals surface area contributed by atoms with Crippen LogP contribution in [0.5, 0.6) is 0 Å². The summed E-state index contributed by atoms with van der Waals surface area (Å²) < 4.78 is 10.8. The minimum absolute atomic E-state index is 0.166. The Morgan fingerprint density at radius 1 is 0.457 bits per heavy atom. The molecule has 6 nitrogen and oxygen atoms in total. The number of benzene rings is 4. The summed E-state index contributed by atoms with van der Waals surface area (Å²) in [6.45, 7) is 14.0. The van der Waals surface area contributed by atoms with Gasteiger partial charge in [0, 0.05) is 37.3 Å². The van der Waals surface area contributed by atoms with Crippen LogP contribution in [0.1, 0.15) is 48.4 Å². The molecule has 0 aliphatic carbocycles. The van der Waals surface area contributed by atoms with E-state index in [0.29, 0.717) is 26.4 Å². The molecule has 0 atom stereocenters. The SMILES string of the molecule is CC(C)(C(=O)c1ccc(-c2ccccc2)cc1)N1CCOCC1.CC(C)(C(=O)c1ccc(-c2ccccc2)cc1)N1CCOCC1. The molecular weight excluding hydrogens is 572 g/mol. The normalized spacial score (nSPS) is 16.3. The minimum atomic E-state index is -0.502. The van der Waals surface area contributed by atoms with E-state index in [1.165, 1.54) is 11.1 Å². The molecule has 0 spiro atoms. The van der Waals surface area contributed by atoms with Crippen molar-refractivity contribution in [2.45, 2.75) is 38.8 Å². The van der Waals surface area contributed by atoms with Crippen molar-refractivity contribution in [2.75, 3.05) is 52.6 Å². The van der Waals surface area contributed by atoms with E-state index in [0.717, 1.165) is 48.4 Å². The lowest BCUT2D eigenvalue weighted by Gasteiger charge is -2.39. The molecule has 0 saturated carbocycles. The highest BCUT2D eigenvalue weighted by molar-refractivity contribution is 6.03. The first-order valence-corrected chi connectivity index (χ1v) is 16.2. The third-order valence-corrected chi connectivity index (χ3v) is 9.22. The van der Waals surface area contributed by atoms with Gasteiger partial charge >= 0.3 is 0 Å². The number of hydrogen-bond donors (Lipinski definition) is 0. The van der Waals surface area contributed by atoms with E-state index in [4.69, 9.17) is 9.47 Å². The van der Waals surface area contributed by atoms with Crippen LogP contribution in [0.2, 0.25) is 0 Å². The van der Waals surface area contributed by atoms with E-state index >= 15 is 0 Å². The molecule has 4 aromatic carbocycles.